The number of carbonyl (C=O) groups is 1. The summed E-state index contributed by atoms with van der Waals surface area (Å²) in [6, 6.07) is 0.0156. The summed E-state index contributed by atoms with van der Waals surface area (Å²) < 4.78 is 7.35. The van der Waals surface area contributed by atoms with Crippen LogP contribution in [0.3, 0.4) is 0 Å². The number of hydrogen-bond donors (Lipinski definition) is 1. The van der Waals surface area contributed by atoms with Gasteiger partial charge in [0.25, 0.3) is 0 Å². The van der Waals surface area contributed by atoms with Crippen LogP contribution in [-0.4, -0.2) is 35.6 Å². The first-order chi connectivity index (χ1) is 8.77. The Kier molecular flexibility index (Phi) is 4.74. The molecule has 2 heterocycles. The van der Waals surface area contributed by atoms with Gasteiger partial charge < -0.3 is 14.6 Å². The van der Waals surface area contributed by atoms with Gasteiger partial charge in [0, 0.05) is 13.1 Å². The summed E-state index contributed by atoms with van der Waals surface area (Å²) in [4.78, 5) is 15.3. The predicted octanol–water partition coefficient (Wildman–Crippen LogP) is 1.81. The molecule has 1 atom stereocenters. The number of halogens is 1. The van der Waals surface area contributed by atoms with Crippen LogP contribution in [0.1, 0.15) is 42.1 Å². The van der Waals surface area contributed by atoms with E-state index in [4.69, 9.17) is 16.3 Å². The molecule has 0 spiro atoms. The van der Waals surface area contributed by atoms with Gasteiger partial charge in [-0.25, -0.2) is 4.98 Å². The van der Waals surface area contributed by atoms with Crippen LogP contribution in [0.5, 0.6) is 0 Å². The van der Waals surface area contributed by atoms with E-state index in [1.807, 2.05) is 4.57 Å². The molecule has 6 heteroatoms. The lowest BCUT2D eigenvalue weighted by Crippen LogP contribution is -2.36. The fourth-order valence-electron chi connectivity index (χ4n) is 2.07. The van der Waals surface area contributed by atoms with Crippen molar-refractivity contribution in [2.75, 3.05) is 19.8 Å². The van der Waals surface area contributed by atoms with E-state index in [9.17, 15) is 4.79 Å². The number of morpholine rings is 1. The van der Waals surface area contributed by atoms with Gasteiger partial charge in [0.15, 0.2) is 6.29 Å². The van der Waals surface area contributed by atoms with Gasteiger partial charge in [-0.1, -0.05) is 24.9 Å². The number of nitrogens with one attached hydrogen (secondary N) is 1. The summed E-state index contributed by atoms with van der Waals surface area (Å²) in [7, 11) is 0. The fourth-order valence-corrected chi connectivity index (χ4v) is 2.33. The van der Waals surface area contributed by atoms with Crippen molar-refractivity contribution in [2.45, 2.75) is 32.4 Å². The molecule has 100 valence electrons. The Bertz CT molecular complexity index is 414. The van der Waals surface area contributed by atoms with E-state index in [-0.39, 0.29) is 6.04 Å². The average molecular weight is 272 g/mol. The molecular weight excluding hydrogens is 254 g/mol. The van der Waals surface area contributed by atoms with Gasteiger partial charge in [0.2, 0.25) is 0 Å². The van der Waals surface area contributed by atoms with Gasteiger partial charge in [-0.05, 0) is 6.42 Å². The molecule has 1 aromatic rings. The maximum absolute atomic E-state index is 10.9. The van der Waals surface area contributed by atoms with E-state index in [0.29, 0.717) is 30.3 Å². The van der Waals surface area contributed by atoms with Crippen molar-refractivity contribution in [3.8, 4) is 0 Å². The van der Waals surface area contributed by atoms with E-state index in [1.54, 1.807) is 0 Å². The molecule has 0 aliphatic carbocycles. The maximum atomic E-state index is 10.9. The Morgan fingerprint density at radius 3 is 3.11 bits per heavy atom. The zero-order chi connectivity index (χ0) is 13.0. The minimum Gasteiger partial charge on any atom is -0.378 e. The number of nitrogens with zero attached hydrogens (tertiary/aromatic N) is 2. The van der Waals surface area contributed by atoms with Crippen LogP contribution in [-0.2, 0) is 11.3 Å². The molecule has 0 aromatic carbocycles. The number of aromatic nitrogens is 2. The highest BCUT2D eigenvalue weighted by Gasteiger charge is 2.24. The second-order valence-corrected chi connectivity index (χ2v) is 4.71. The quantitative estimate of drug-likeness (QED) is 0.830. The fraction of sp³-hybridized carbons (Fsp3) is 0.667. The summed E-state index contributed by atoms with van der Waals surface area (Å²) in [5.74, 6) is 0.801. The minimum atomic E-state index is 0.0156. The van der Waals surface area contributed by atoms with Crippen LogP contribution in [0.15, 0.2) is 0 Å². The lowest BCUT2D eigenvalue weighted by Gasteiger charge is -2.24. The molecular formula is C12H18ClN3O2. The minimum absolute atomic E-state index is 0.0156. The number of unbranched alkanes of at least 4 members (excludes halogenated alkanes) is 1. The molecule has 18 heavy (non-hydrogen) atoms. The topological polar surface area (TPSA) is 56.1 Å². The Morgan fingerprint density at radius 2 is 2.50 bits per heavy atom. The number of aldehydes is 1. The molecule has 0 radical (unpaired) electrons. The maximum Gasteiger partial charge on any atom is 0.171 e. The van der Waals surface area contributed by atoms with E-state index in [2.05, 4.69) is 17.2 Å². The summed E-state index contributed by atoms with van der Waals surface area (Å²) in [5, 5.41) is 3.77. The van der Waals surface area contributed by atoms with E-state index < -0.39 is 0 Å². The highest BCUT2D eigenvalue weighted by atomic mass is 35.5. The first-order valence-corrected chi connectivity index (χ1v) is 6.68. The third-order valence-electron chi connectivity index (χ3n) is 3.04. The standard InChI is InChI=1S/C12H18ClN3O2/c1-2-3-5-16-11(13)9(7-17)15-12(16)10-8-18-6-4-14-10/h7,10,14H,2-6,8H2,1H3. The highest BCUT2D eigenvalue weighted by molar-refractivity contribution is 6.31. The summed E-state index contributed by atoms with van der Waals surface area (Å²) in [6.07, 6.45) is 2.78. The van der Waals surface area contributed by atoms with Gasteiger partial charge >= 0.3 is 0 Å². The molecule has 1 aliphatic heterocycles. The highest BCUT2D eigenvalue weighted by Crippen LogP contribution is 2.23. The number of imidazole rings is 1. The van der Waals surface area contributed by atoms with Crippen LogP contribution in [0.2, 0.25) is 5.15 Å². The van der Waals surface area contributed by atoms with Crippen LogP contribution < -0.4 is 5.32 Å². The van der Waals surface area contributed by atoms with Crippen LogP contribution >= 0.6 is 11.6 Å². The van der Waals surface area contributed by atoms with Gasteiger partial charge in [-0.15, -0.1) is 0 Å². The molecule has 5 nitrogen and oxygen atoms in total. The van der Waals surface area contributed by atoms with Crippen LogP contribution in [0.4, 0.5) is 0 Å². The van der Waals surface area contributed by atoms with Crippen molar-refractivity contribution >= 4 is 17.9 Å². The monoisotopic (exact) mass is 271 g/mol. The Labute approximate surface area is 111 Å². The number of hydrogen-bond acceptors (Lipinski definition) is 4. The normalized spacial score (nSPS) is 20.0. The average Bonchev–Trinajstić information content (AvgIpc) is 2.74. The Morgan fingerprint density at radius 1 is 1.67 bits per heavy atom. The van der Waals surface area contributed by atoms with Gasteiger partial charge in [0.05, 0.1) is 19.3 Å². The van der Waals surface area contributed by atoms with Crippen LogP contribution in [0.25, 0.3) is 0 Å². The summed E-state index contributed by atoms with van der Waals surface area (Å²) in [5.41, 5.74) is 0.315. The Hall–Kier alpha value is -0.910. The van der Waals surface area contributed by atoms with E-state index >= 15 is 0 Å². The molecule has 1 unspecified atom stereocenters. The lowest BCUT2D eigenvalue weighted by molar-refractivity contribution is 0.0730. The summed E-state index contributed by atoms with van der Waals surface area (Å²) in [6.45, 7) is 4.97. The largest absolute Gasteiger partial charge is 0.378 e. The van der Waals surface area contributed by atoms with Gasteiger partial charge in [0.1, 0.15) is 16.7 Å². The van der Waals surface area contributed by atoms with Crippen molar-refractivity contribution < 1.29 is 9.53 Å². The molecule has 0 saturated carbocycles. The second kappa shape index (κ2) is 6.31. The molecule has 1 aliphatic rings. The third kappa shape index (κ3) is 2.74. The molecule has 1 saturated heterocycles. The smallest absolute Gasteiger partial charge is 0.171 e. The van der Waals surface area contributed by atoms with E-state index in [0.717, 1.165) is 31.8 Å². The second-order valence-electron chi connectivity index (χ2n) is 4.35. The zero-order valence-corrected chi connectivity index (χ0v) is 11.2. The zero-order valence-electron chi connectivity index (χ0n) is 10.5. The number of ether oxygens (including phenoxy) is 1. The SMILES string of the molecule is CCCCn1c(C2COCCN2)nc(C=O)c1Cl. The van der Waals surface area contributed by atoms with Crippen molar-refractivity contribution in [1.29, 1.82) is 0 Å². The first kappa shape index (κ1) is 13.5. The molecule has 0 amide bonds. The number of carbonyl (C=O) groups excluding carboxylic acids is 1. The van der Waals surface area contributed by atoms with Gasteiger partial charge in [-0.3, -0.25) is 4.79 Å². The van der Waals surface area contributed by atoms with E-state index in [1.165, 1.54) is 0 Å². The molecule has 1 fully saturated rings. The van der Waals surface area contributed by atoms with Gasteiger partial charge in [-0.2, -0.15) is 0 Å². The molecule has 1 aromatic heterocycles. The van der Waals surface area contributed by atoms with Crippen molar-refractivity contribution in [3.05, 3.63) is 16.7 Å². The Balaban J connectivity index is 2.28. The van der Waals surface area contributed by atoms with Crippen molar-refractivity contribution in [3.63, 3.8) is 0 Å². The predicted molar refractivity (Wildman–Crippen MR) is 69.1 cm³/mol. The molecule has 0 bridgehead atoms. The third-order valence-corrected chi connectivity index (χ3v) is 3.44. The lowest BCUT2D eigenvalue weighted by atomic mass is 10.2. The molecule has 2 rings (SSSR count). The first-order valence-electron chi connectivity index (χ1n) is 6.30. The summed E-state index contributed by atoms with van der Waals surface area (Å²) >= 11 is 6.19. The van der Waals surface area contributed by atoms with Crippen molar-refractivity contribution in [2.24, 2.45) is 0 Å². The molecule has 1 N–H and O–H groups in total. The number of rotatable bonds is 5. The van der Waals surface area contributed by atoms with Crippen LogP contribution in [0, 0.1) is 0 Å². The van der Waals surface area contributed by atoms with Crippen molar-refractivity contribution in [1.82, 2.24) is 14.9 Å².